The summed E-state index contributed by atoms with van der Waals surface area (Å²) < 4.78 is 68.4. The van der Waals surface area contributed by atoms with Crippen LogP contribution in [0.4, 0.5) is 0 Å². The van der Waals surface area contributed by atoms with E-state index in [9.17, 15) is 43.2 Å². The van der Waals surface area contributed by atoms with Gasteiger partial charge in [0.1, 0.15) is 19.3 Å². The molecule has 104 heavy (non-hydrogen) atoms. The van der Waals surface area contributed by atoms with Crippen LogP contribution >= 0.6 is 15.6 Å². The third-order valence-corrected chi connectivity index (χ3v) is 17.6. The maximum atomic E-state index is 13.1. The fourth-order valence-corrected chi connectivity index (χ4v) is 11.4. The number of ether oxygens (including phenoxy) is 4. The number of phosphoric acid groups is 2. The third-order valence-electron chi connectivity index (χ3n) is 15.7. The predicted octanol–water partition coefficient (Wildman–Crippen LogP) is 23.0. The molecule has 0 aromatic carbocycles. The summed E-state index contributed by atoms with van der Waals surface area (Å²) in [5, 5.41) is 10.6. The first-order valence-corrected chi connectivity index (χ1v) is 42.4. The minimum absolute atomic E-state index is 0.0536. The summed E-state index contributed by atoms with van der Waals surface area (Å²) in [5.41, 5.74) is 0. The highest BCUT2D eigenvalue weighted by molar-refractivity contribution is 7.47. The number of hydrogen-bond acceptors (Lipinski definition) is 15. The van der Waals surface area contributed by atoms with Crippen LogP contribution in [-0.4, -0.2) is 96.7 Å². The number of phosphoric ester groups is 2. The number of rotatable bonds is 72. The van der Waals surface area contributed by atoms with Gasteiger partial charge in [-0.2, -0.15) is 0 Å². The summed E-state index contributed by atoms with van der Waals surface area (Å²) in [4.78, 5) is 72.9. The average molecular weight is 1490 g/mol. The van der Waals surface area contributed by atoms with Gasteiger partial charge in [-0.15, -0.1) is 0 Å². The van der Waals surface area contributed by atoms with Gasteiger partial charge in [-0.25, -0.2) is 9.13 Å². The molecule has 0 saturated heterocycles. The number of aliphatic hydroxyl groups is 1. The second kappa shape index (κ2) is 75.6. The van der Waals surface area contributed by atoms with Crippen molar-refractivity contribution in [2.75, 3.05) is 39.6 Å². The van der Waals surface area contributed by atoms with Crippen LogP contribution in [0.5, 0.6) is 0 Å². The normalized spacial score (nSPS) is 14.8. The smallest absolute Gasteiger partial charge is 0.462 e. The van der Waals surface area contributed by atoms with Crippen molar-refractivity contribution < 1.29 is 80.2 Å². The van der Waals surface area contributed by atoms with Crippen LogP contribution < -0.4 is 0 Å². The Labute approximate surface area is 629 Å². The molecule has 3 N–H and O–H groups in total. The molecule has 0 heterocycles. The van der Waals surface area contributed by atoms with Gasteiger partial charge >= 0.3 is 39.5 Å². The zero-order valence-corrected chi connectivity index (χ0v) is 66.2. The molecule has 0 bridgehead atoms. The molecule has 0 spiro atoms. The highest BCUT2D eigenvalue weighted by atomic mass is 31.2. The van der Waals surface area contributed by atoms with E-state index < -0.39 is 97.5 Å². The van der Waals surface area contributed by atoms with Gasteiger partial charge in [-0.3, -0.25) is 37.3 Å². The summed E-state index contributed by atoms with van der Waals surface area (Å²) in [7, 11) is -10.0. The molecule has 0 aromatic rings. The van der Waals surface area contributed by atoms with Crippen molar-refractivity contribution in [2.24, 2.45) is 0 Å². The summed E-state index contributed by atoms with van der Waals surface area (Å²) in [6.07, 6.45) is 89.4. The van der Waals surface area contributed by atoms with Crippen molar-refractivity contribution in [3.63, 3.8) is 0 Å². The lowest BCUT2D eigenvalue weighted by Gasteiger charge is -2.21. The average Bonchev–Trinajstić information content (AvgIpc) is 0.916. The van der Waals surface area contributed by atoms with Crippen LogP contribution in [0.3, 0.4) is 0 Å². The minimum Gasteiger partial charge on any atom is -0.462 e. The van der Waals surface area contributed by atoms with Crippen LogP contribution in [0.2, 0.25) is 0 Å². The van der Waals surface area contributed by atoms with Gasteiger partial charge in [0, 0.05) is 19.3 Å². The van der Waals surface area contributed by atoms with Crippen LogP contribution in [0.25, 0.3) is 0 Å². The van der Waals surface area contributed by atoms with E-state index >= 15 is 0 Å². The van der Waals surface area contributed by atoms with Crippen molar-refractivity contribution in [3.05, 3.63) is 170 Å². The van der Waals surface area contributed by atoms with E-state index in [1.165, 1.54) is 0 Å². The van der Waals surface area contributed by atoms with Crippen LogP contribution in [0.1, 0.15) is 285 Å². The Balaban J connectivity index is 5.45. The number of carbonyl (C=O) groups excluding carboxylic acids is 4. The van der Waals surface area contributed by atoms with Crippen molar-refractivity contribution in [1.82, 2.24) is 0 Å². The molecule has 17 nitrogen and oxygen atoms in total. The zero-order valence-electron chi connectivity index (χ0n) is 64.4. The van der Waals surface area contributed by atoms with Crippen molar-refractivity contribution >= 4 is 39.5 Å². The highest BCUT2D eigenvalue weighted by Gasteiger charge is 2.30. The first-order valence-electron chi connectivity index (χ1n) is 39.4. The Morgan fingerprint density at radius 2 is 0.538 bits per heavy atom. The quantitative estimate of drug-likeness (QED) is 0.0169. The van der Waals surface area contributed by atoms with E-state index in [2.05, 4.69) is 174 Å². The predicted molar refractivity (Wildman–Crippen MR) is 426 cm³/mol. The molecule has 0 radical (unpaired) electrons. The van der Waals surface area contributed by atoms with Crippen LogP contribution in [-0.2, 0) is 65.4 Å². The van der Waals surface area contributed by atoms with Gasteiger partial charge < -0.3 is 33.8 Å². The SMILES string of the molecule is CC/C=C\C/C=C\C/C=C\C/C=C\C/C=C\CC(=O)OCC(COP(=O)(O)OCC(O)COP(=O)(O)OCC(COC(=O)CCCCCCCC/C=C\C/C=C\C/C=C\C/C=C\CC)OC(=O)CCCCCCCCC/C=C\C/C=C\C/C=C\CC)OC(=O)CCCCCCC/C=C\C/C=C\CCC. The van der Waals surface area contributed by atoms with E-state index in [1.807, 2.05) is 18.2 Å². The lowest BCUT2D eigenvalue weighted by molar-refractivity contribution is -0.161. The Morgan fingerprint density at radius 1 is 0.288 bits per heavy atom. The fourth-order valence-electron chi connectivity index (χ4n) is 9.81. The number of esters is 4. The van der Waals surface area contributed by atoms with Gasteiger partial charge in [-0.05, 0) is 148 Å². The maximum Gasteiger partial charge on any atom is 0.472 e. The summed E-state index contributed by atoms with van der Waals surface area (Å²) in [5.74, 6) is -2.38. The molecule has 0 saturated carbocycles. The fraction of sp³-hybridized carbons (Fsp3) is 0.624. The summed E-state index contributed by atoms with van der Waals surface area (Å²) in [6, 6.07) is 0. The Kier molecular flexibility index (Phi) is 71.6. The highest BCUT2D eigenvalue weighted by Crippen LogP contribution is 2.45. The Hall–Kier alpha value is -5.58. The molecule has 5 unspecified atom stereocenters. The minimum atomic E-state index is -5.01. The van der Waals surface area contributed by atoms with Crippen LogP contribution in [0, 0.1) is 0 Å². The first kappa shape index (κ1) is 98.4. The maximum absolute atomic E-state index is 13.1. The molecule has 0 aliphatic rings. The van der Waals surface area contributed by atoms with Crippen molar-refractivity contribution in [2.45, 2.75) is 303 Å². The van der Waals surface area contributed by atoms with E-state index in [4.69, 9.17) is 37.0 Å². The lowest BCUT2D eigenvalue weighted by Crippen LogP contribution is -2.30. The lowest BCUT2D eigenvalue weighted by atomic mass is 10.1. The van der Waals surface area contributed by atoms with E-state index in [0.29, 0.717) is 25.7 Å². The number of carbonyl (C=O) groups is 4. The van der Waals surface area contributed by atoms with E-state index in [-0.39, 0.29) is 25.7 Å². The third kappa shape index (κ3) is 74.7. The largest absolute Gasteiger partial charge is 0.472 e. The number of hydrogen-bond donors (Lipinski definition) is 3. The van der Waals surface area contributed by atoms with Crippen LogP contribution in [0.15, 0.2) is 170 Å². The zero-order chi connectivity index (χ0) is 76.0. The Bertz CT molecular complexity index is 2640. The molecule has 5 atom stereocenters. The monoisotopic (exact) mass is 1490 g/mol. The van der Waals surface area contributed by atoms with Gasteiger partial charge in [0.2, 0.25) is 0 Å². The van der Waals surface area contributed by atoms with Gasteiger partial charge in [-0.1, -0.05) is 281 Å². The second-order valence-corrected chi connectivity index (χ2v) is 28.4. The second-order valence-electron chi connectivity index (χ2n) is 25.5. The summed E-state index contributed by atoms with van der Waals surface area (Å²) >= 11 is 0. The van der Waals surface area contributed by atoms with Gasteiger partial charge in [0.25, 0.3) is 0 Å². The molecule has 0 amide bonds. The molecule has 590 valence electrons. The molecular weight excluding hydrogens is 1350 g/mol. The molecule has 0 fully saturated rings. The molecule has 0 aliphatic heterocycles. The topological polar surface area (TPSA) is 237 Å². The van der Waals surface area contributed by atoms with E-state index in [1.54, 1.807) is 6.08 Å². The van der Waals surface area contributed by atoms with Gasteiger partial charge in [0.05, 0.1) is 32.8 Å². The van der Waals surface area contributed by atoms with Crippen molar-refractivity contribution in [1.29, 1.82) is 0 Å². The number of allylic oxidation sites excluding steroid dienone is 27. The summed E-state index contributed by atoms with van der Waals surface area (Å²) in [6.45, 7) is 4.30. The molecular formula is C85H138O17P2. The molecule has 19 heteroatoms. The molecule has 0 aliphatic carbocycles. The number of aliphatic hydroxyl groups excluding tert-OH is 1. The van der Waals surface area contributed by atoms with Crippen molar-refractivity contribution in [3.8, 4) is 0 Å². The number of unbranched alkanes of at least 4 members (excludes halogenated alkanes) is 19. The standard InChI is InChI=1S/C85H138O17P2/c1-5-9-13-17-21-25-29-33-36-38-39-41-43-47-50-54-58-62-66-70-83(88)96-76-81(102-85(90)72-68-64-60-56-52-48-44-40-37-34-30-26-22-18-14-10-6-2)78-100-104(93,94)98-74-79(86)73-97-103(91,92)99-77-80(101-84(89)71-67-63-59-55-51-45-32-28-24-20-16-12-8-4)75-95-82(87)69-65-61-57-53-49-46-42-35-31-27-23-19-15-11-7-3/h9-11,13-16,20-23,25-28,32-37,39,41-42,49,53,61,65,79-81,86H,5-8,12,17-19,24,29-31,38,40,43-48,50-52,54-60,62-64,66-78H2,1-4H3,(H,91,92)(H,93,94)/b13-9-,14-10-,15-11-,20-16-,25-21-,26-22-,27-23-,32-28-,36-33-,37-34-,41-39-,42-35-,53-49-,65-61-. The van der Waals surface area contributed by atoms with Gasteiger partial charge in [0.15, 0.2) is 12.2 Å². The molecule has 0 aromatic heterocycles. The first-order chi connectivity index (χ1) is 50.7. The van der Waals surface area contributed by atoms with E-state index in [0.717, 1.165) is 205 Å². The Morgan fingerprint density at radius 3 is 0.856 bits per heavy atom. The molecule has 0 rings (SSSR count).